The molecule has 3 aliphatic carbocycles. The molecule has 45 heavy (non-hydrogen) atoms. The number of sulfonamides is 1. The smallest absolute Gasteiger partial charge is 0.387 e. The summed E-state index contributed by atoms with van der Waals surface area (Å²) in [5.41, 5.74) is -1.31. The first-order chi connectivity index (χ1) is 21.4. The number of nitrogens with zero attached hydrogens (tertiary/aromatic N) is 1. The third-order valence-corrected chi connectivity index (χ3v) is 11.2. The Labute approximate surface area is 258 Å². The van der Waals surface area contributed by atoms with Crippen molar-refractivity contribution in [2.75, 3.05) is 18.0 Å². The van der Waals surface area contributed by atoms with Crippen molar-refractivity contribution in [2.45, 2.75) is 62.4 Å². The van der Waals surface area contributed by atoms with Crippen molar-refractivity contribution in [3.8, 4) is 16.9 Å². The first kappa shape index (κ1) is 31.1. The average Bonchev–Trinajstić information content (AvgIpc) is 3.70. The number of hydrogen-bond donors (Lipinski definition) is 0. The highest BCUT2D eigenvalue weighted by Gasteiger charge is 2.61. The Morgan fingerprint density at radius 1 is 0.933 bits per heavy atom. The first-order valence-electron chi connectivity index (χ1n) is 14.7. The van der Waals surface area contributed by atoms with E-state index >= 15 is 4.39 Å². The minimum atomic E-state index is -4.54. The Bertz CT molecular complexity index is 1770. The van der Waals surface area contributed by atoms with Gasteiger partial charge in [0.15, 0.2) is 5.78 Å². The fourth-order valence-corrected chi connectivity index (χ4v) is 8.41. The highest BCUT2D eigenvalue weighted by Crippen LogP contribution is 2.62. The topological polar surface area (TPSA) is 90.0 Å². The Morgan fingerprint density at radius 3 is 2.31 bits per heavy atom. The second-order valence-electron chi connectivity index (χ2n) is 12.2. The fraction of sp³-hybridized carbons (Fsp3) is 0.394. The van der Waals surface area contributed by atoms with Crippen LogP contribution in [0, 0.1) is 22.5 Å². The van der Waals surface area contributed by atoms with Gasteiger partial charge in [-0.05, 0) is 104 Å². The van der Waals surface area contributed by atoms with E-state index in [1.807, 2.05) is 6.07 Å². The van der Waals surface area contributed by atoms with Crippen molar-refractivity contribution in [3.63, 3.8) is 0 Å². The summed E-state index contributed by atoms with van der Waals surface area (Å²) in [6, 6.07) is 12.6. The van der Waals surface area contributed by atoms with Gasteiger partial charge in [-0.15, -0.1) is 0 Å². The monoisotopic (exact) mass is 645 g/mol. The highest BCUT2D eigenvalue weighted by molar-refractivity contribution is 7.92. The molecule has 3 fully saturated rings. The van der Waals surface area contributed by atoms with E-state index in [4.69, 9.17) is 4.74 Å². The maximum atomic E-state index is 15.7. The van der Waals surface area contributed by atoms with E-state index < -0.39 is 68.8 Å². The number of carbonyl (C=O) groups is 2. The molecule has 0 N–H and O–H groups in total. The second-order valence-corrected chi connectivity index (χ2v) is 14.1. The SMILES string of the molecule is COC(=O)C12CCC(C(=O)CN(c3cc(-c4cc(F)cc(OC(F)F)c4)ccc3F)S(=O)(=O)c3cccc(C4CC4)c3)(CC1)C2. The van der Waals surface area contributed by atoms with Gasteiger partial charge in [-0.2, -0.15) is 8.78 Å². The summed E-state index contributed by atoms with van der Waals surface area (Å²) in [6.07, 6.45) is 3.63. The van der Waals surface area contributed by atoms with Gasteiger partial charge in [0.05, 0.1) is 29.7 Å². The third-order valence-electron chi connectivity index (χ3n) is 9.48. The van der Waals surface area contributed by atoms with Gasteiger partial charge < -0.3 is 9.47 Å². The molecule has 3 saturated carbocycles. The number of halogens is 4. The van der Waals surface area contributed by atoms with Gasteiger partial charge in [0.1, 0.15) is 17.4 Å². The van der Waals surface area contributed by atoms with E-state index in [0.717, 1.165) is 53.0 Å². The minimum absolute atomic E-state index is 0.0272. The maximum Gasteiger partial charge on any atom is 0.387 e. The third kappa shape index (κ3) is 5.80. The quantitative estimate of drug-likeness (QED) is 0.165. The number of methoxy groups -OCH3 is 1. The van der Waals surface area contributed by atoms with E-state index in [2.05, 4.69) is 4.74 Å². The molecule has 0 spiro atoms. The molecule has 3 aromatic carbocycles. The van der Waals surface area contributed by atoms with Crippen LogP contribution in [0.5, 0.6) is 5.75 Å². The summed E-state index contributed by atoms with van der Waals surface area (Å²) in [5.74, 6) is -2.97. The molecule has 0 aliphatic heterocycles. The second kappa shape index (κ2) is 11.5. The molecule has 238 valence electrons. The van der Waals surface area contributed by atoms with Crippen molar-refractivity contribution in [1.29, 1.82) is 0 Å². The lowest BCUT2D eigenvalue weighted by molar-refractivity contribution is -0.152. The Hall–Kier alpha value is -3.93. The summed E-state index contributed by atoms with van der Waals surface area (Å²) in [7, 11) is -3.25. The van der Waals surface area contributed by atoms with Crippen LogP contribution in [0.1, 0.15) is 56.4 Å². The average molecular weight is 646 g/mol. The number of Topliss-reactive ketones (excluding diaryl/α,β-unsaturated/α-hetero) is 1. The number of alkyl halides is 2. The summed E-state index contributed by atoms with van der Waals surface area (Å²) in [4.78, 5) is 26.5. The van der Waals surface area contributed by atoms with E-state index in [0.29, 0.717) is 25.7 Å². The molecular weight excluding hydrogens is 614 g/mol. The number of ketones is 1. The Balaban J connectivity index is 1.42. The molecule has 0 saturated heterocycles. The van der Waals surface area contributed by atoms with Crippen LogP contribution in [0.2, 0.25) is 0 Å². The summed E-state index contributed by atoms with van der Waals surface area (Å²) in [6.45, 7) is -3.93. The zero-order chi connectivity index (χ0) is 32.1. The molecule has 7 nitrogen and oxygen atoms in total. The molecule has 0 atom stereocenters. The number of fused-ring (bicyclic) bond motifs is 2. The Kier molecular flexibility index (Phi) is 7.91. The summed E-state index contributed by atoms with van der Waals surface area (Å²) < 4.78 is 94.4. The molecule has 2 bridgehead atoms. The van der Waals surface area contributed by atoms with Crippen LogP contribution in [-0.2, 0) is 24.3 Å². The molecule has 3 aliphatic rings. The van der Waals surface area contributed by atoms with Gasteiger partial charge in [-0.3, -0.25) is 13.9 Å². The van der Waals surface area contributed by atoms with Crippen LogP contribution < -0.4 is 9.04 Å². The normalized spacial score (nSPS) is 22.4. The molecule has 0 radical (unpaired) electrons. The molecule has 0 aromatic heterocycles. The first-order valence-corrected chi connectivity index (χ1v) is 16.1. The number of esters is 1. The Morgan fingerprint density at radius 2 is 1.64 bits per heavy atom. The molecule has 0 unspecified atom stereocenters. The minimum Gasteiger partial charge on any atom is -0.469 e. The zero-order valence-corrected chi connectivity index (χ0v) is 25.2. The van der Waals surface area contributed by atoms with Crippen molar-refractivity contribution in [1.82, 2.24) is 0 Å². The van der Waals surface area contributed by atoms with Crippen LogP contribution in [0.25, 0.3) is 11.1 Å². The number of anilines is 1. The van der Waals surface area contributed by atoms with E-state index in [9.17, 15) is 31.2 Å². The fourth-order valence-electron chi connectivity index (χ4n) is 6.93. The lowest BCUT2D eigenvalue weighted by atomic mass is 9.79. The van der Waals surface area contributed by atoms with Gasteiger partial charge in [-0.1, -0.05) is 18.2 Å². The summed E-state index contributed by atoms with van der Waals surface area (Å²) >= 11 is 0. The van der Waals surface area contributed by atoms with Crippen LogP contribution in [-0.4, -0.2) is 40.4 Å². The molecule has 3 aromatic rings. The highest BCUT2D eigenvalue weighted by atomic mass is 32.2. The van der Waals surface area contributed by atoms with Crippen LogP contribution in [0.4, 0.5) is 23.2 Å². The maximum absolute atomic E-state index is 15.7. The van der Waals surface area contributed by atoms with Gasteiger partial charge in [0, 0.05) is 11.5 Å². The largest absolute Gasteiger partial charge is 0.469 e. The number of benzene rings is 3. The molecular formula is C33H31F4NO6S. The lowest BCUT2D eigenvalue weighted by Crippen LogP contribution is -2.42. The number of carbonyl (C=O) groups excluding carboxylic acids is 2. The molecule has 0 amide bonds. The zero-order valence-electron chi connectivity index (χ0n) is 24.4. The standard InChI is InChI=1S/C33H31F4NO6S/c1-43-30(40)33-11-9-32(19-33,10-12-33)29(39)18-38(45(41,42)26-4-2-3-21(15-26)20-5-6-20)28-16-22(7-8-27(28)35)23-13-24(34)17-25(14-23)44-31(36)37/h2-4,7-8,13-17,20,31H,5-6,9-12,18-19H2,1H3. The van der Waals surface area contributed by atoms with Gasteiger partial charge >= 0.3 is 12.6 Å². The van der Waals surface area contributed by atoms with Gasteiger partial charge in [0.2, 0.25) is 0 Å². The van der Waals surface area contributed by atoms with Gasteiger partial charge in [-0.25, -0.2) is 17.2 Å². The van der Waals surface area contributed by atoms with Crippen LogP contribution in [0.3, 0.4) is 0 Å². The molecule has 12 heteroatoms. The lowest BCUT2D eigenvalue weighted by Gasteiger charge is -2.30. The van der Waals surface area contributed by atoms with E-state index in [1.165, 1.54) is 25.3 Å². The number of ether oxygens (including phenoxy) is 2. The molecule has 0 heterocycles. The number of rotatable bonds is 11. The van der Waals surface area contributed by atoms with Gasteiger partial charge in [0.25, 0.3) is 10.0 Å². The molecule has 6 rings (SSSR count). The number of hydrogen-bond acceptors (Lipinski definition) is 6. The van der Waals surface area contributed by atoms with Crippen molar-refractivity contribution in [3.05, 3.63) is 77.9 Å². The van der Waals surface area contributed by atoms with Crippen molar-refractivity contribution in [2.24, 2.45) is 10.8 Å². The van der Waals surface area contributed by atoms with E-state index in [1.54, 1.807) is 6.07 Å². The van der Waals surface area contributed by atoms with E-state index in [-0.39, 0.29) is 28.4 Å². The predicted octanol–water partition coefficient (Wildman–Crippen LogP) is 7.00. The van der Waals surface area contributed by atoms with Crippen LogP contribution >= 0.6 is 0 Å². The van der Waals surface area contributed by atoms with Crippen molar-refractivity contribution >= 4 is 27.5 Å². The van der Waals surface area contributed by atoms with Crippen molar-refractivity contribution < 1.29 is 45.0 Å². The van der Waals surface area contributed by atoms with Crippen LogP contribution in [0.15, 0.2) is 65.6 Å². The predicted molar refractivity (Wildman–Crippen MR) is 156 cm³/mol. The summed E-state index contributed by atoms with van der Waals surface area (Å²) in [5, 5.41) is 0.